The minimum Gasteiger partial charge on any atom is -0.383 e. The molecule has 0 unspecified atom stereocenters. The SMILES string of the molecule is Cc1ccc(S(=O)(=O)n2c(C(=O)c3cnn(-c4ccc5[nH]c(C)nc5c4)c3N)cc3ccc(-c4cccs4)cc32)cc1. The summed E-state index contributed by atoms with van der Waals surface area (Å²) in [6.45, 7) is 3.75. The third-order valence-electron chi connectivity index (χ3n) is 7.24. The minimum absolute atomic E-state index is 0.0291. The van der Waals surface area contributed by atoms with Crippen molar-refractivity contribution < 1.29 is 13.2 Å². The van der Waals surface area contributed by atoms with E-state index in [-0.39, 0.29) is 22.0 Å². The van der Waals surface area contributed by atoms with Crippen molar-refractivity contribution in [3.63, 3.8) is 0 Å². The van der Waals surface area contributed by atoms with E-state index in [1.165, 1.54) is 10.9 Å². The molecule has 7 rings (SSSR count). The monoisotopic (exact) mass is 592 g/mol. The molecule has 0 bridgehead atoms. The van der Waals surface area contributed by atoms with Crippen LogP contribution in [0.5, 0.6) is 0 Å². The Morgan fingerprint density at radius 2 is 1.79 bits per heavy atom. The molecule has 0 aliphatic heterocycles. The number of nitrogen functional groups attached to an aromatic ring is 1. The lowest BCUT2D eigenvalue weighted by Crippen LogP contribution is -2.19. The number of ketones is 1. The van der Waals surface area contributed by atoms with Gasteiger partial charge in [-0.05, 0) is 73.3 Å². The van der Waals surface area contributed by atoms with Crippen LogP contribution >= 0.6 is 11.3 Å². The van der Waals surface area contributed by atoms with E-state index in [0.29, 0.717) is 16.6 Å². The number of hydrogen-bond donors (Lipinski definition) is 2. The summed E-state index contributed by atoms with van der Waals surface area (Å²) < 4.78 is 30.9. The number of fused-ring (bicyclic) bond motifs is 2. The first kappa shape index (κ1) is 25.9. The fourth-order valence-electron chi connectivity index (χ4n) is 5.14. The van der Waals surface area contributed by atoms with Crippen LogP contribution < -0.4 is 5.73 Å². The largest absolute Gasteiger partial charge is 0.383 e. The maximum Gasteiger partial charge on any atom is 0.268 e. The van der Waals surface area contributed by atoms with Crippen molar-refractivity contribution in [2.24, 2.45) is 0 Å². The van der Waals surface area contributed by atoms with Crippen LogP contribution in [0.25, 0.3) is 38.1 Å². The molecule has 208 valence electrons. The maximum absolute atomic E-state index is 14.2. The Morgan fingerprint density at radius 1 is 0.976 bits per heavy atom. The number of nitrogens with zero attached hydrogens (tertiary/aromatic N) is 4. The second-order valence-corrected chi connectivity index (χ2v) is 12.8. The van der Waals surface area contributed by atoms with Gasteiger partial charge in [-0.2, -0.15) is 5.10 Å². The normalized spacial score (nSPS) is 12.0. The lowest BCUT2D eigenvalue weighted by atomic mass is 10.1. The predicted octanol–water partition coefficient (Wildman–Crippen LogP) is 6.10. The van der Waals surface area contributed by atoms with Crippen LogP contribution in [0.15, 0.2) is 95.3 Å². The van der Waals surface area contributed by atoms with Crippen molar-refractivity contribution in [3.8, 4) is 16.1 Å². The number of aromatic amines is 1. The van der Waals surface area contributed by atoms with Crippen LogP contribution in [0.1, 0.15) is 27.4 Å². The Bertz CT molecular complexity index is 2260. The topological polar surface area (TPSA) is 129 Å². The summed E-state index contributed by atoms with van der Waals surface area (Å²) in [5, 5.41) is 6.95. The van der Waals surface area contributed by atoms with Gasteiger partial charge in [0.25, 0.3) is 10.0 Å². The van der Waals surface area contributed by atoms with E-state index >= 15 is 0 Å². The fourth-order valence-corrected chi connectivity index (χ4v) is 7.36. The van der Waals surface area contributed by atoms with Crippen molar-refractivity contribution >= 4 is 54.9 Å². The fraction of sp³-hybridized carbons (Fsp3) is 0.0645. The van der Waals surface area contributed by atoms with E-state index in [2.05, 4.69) is 15.1 Å². The van der Waals surface area contributed by atoms with Gasteiger partial charge in [0, 0.05) is 10.3 Å². The van der Waals surface area contributed by atoms with E-state index in [0.717, 1.165) is 36.8 Å². The van der Waals surface area contributed by atoms with Gasteiger partial charge in [0.1, 0.15) is 17.3 Å². The smallest absolute Gasteiger partial charge is 0.268 e. The molecular formula is C31H24N6O3S2. The number of thiophene rings is 1. The van der Waals surface area contributed by atoms with Gasteiger partial charge in [0.05, 0.1) is 38.9 Å². The Balaban J connectivity index is 1.40. The summed E-state index contributed by atoms with van der Waals surface area (Å²) >= 11 is 1.55. The molecule has 3 N–H and O–H groups in total. The highest BCUT2D eigenvalue weighted by atomic mass is 32.2. The predicted molar refractivity (Wildman–Crippen MR) is 165 cm³/mol. The molecule has 0 saturated carbocycles. The van der Waals surface area contributed by atoms with Crippen LogP contribution in [0.2, 0.25) is 0 Å². The highest BCUT2D eigenvalue weighted by Crippen LogP contribution is 2.33. The standard InChI is InChI=1S/C31H24N6O3S2/c1-18-5-10-23(11-6-18)42(39,40)37-27-15-21(29-4-3-13-41-29)8-7-20(27)14-28(37)30(38)24-17-33-36(31(24)32)22-9-12-25-26(16-22)35-19(2)34-25/h3-17H,32H2,1-2H3,(H,34,35). The lowest BCUT2D eigenvalue weighted by molar-refractivity contribution is 0.103. The van der Waals surface area contributed by atoms with Gasteiger partial charge in [-0.1, -0.05) is 35.9 Å². The molecular weight excluding hydrogens is 569 g/mol. The molecule has 0 aliphatic rings. The molecule has 0 spiro atoms. The zero-order chi connectivity index (χ0) is 29.2. The molecule has 4 heterocycles. The molecule has 0 radical (unpaired) electrons. The van der Waals surface area contributed by atoms with Crippen molar-refractivity contribution in [1.82, 2.24) is 23.7 Å². The summed E-state index contributed by atoms with van der Waals surface area (Å²) in [7, 11) is -4.17. The molecule has 42 heavy (non-hydrogen) atoms. The number of hydrogen-bond acceptors (Lipinski definition) is 7. The number of benzene rings is 3. The third kappa shape index (κ3) is 4.13. The summed E-state index contributed by atoms with van der Waals surface area (Å²) in [6, 6.07) is 23.1. The first-order valence-corrected chi connectivity index (χ1v) is 15.4. The first-order chi connectivity index (χ1) is 20.2. The average Bonchev–Trinajstić information content (AvgIpc) is 3.77. The van der Waals surface area contributed by atoms with Gasteiger partial charge in [-0.3, -0.25) is 4.79 Å². The second kappa shape index (κ2) is 9.54. The van der Waals surface area contributed by atoms with E-state index in [9.17, 15) is 13.2 Å². The van der Waals surface area contributed by atoms with Crippen LogP contribution in [0, 0.1) is 13.8 Å². The molecule has 0 aliphatic carbocycles. The van der Waals surface area contributed by atoms with Crippen molar-refractivity contribution in [2.45, 2.75) is 18.7 Å². The van der Waals surface area contributed by atoms with Gasteiger partial charge < -0.3 is 10.7 Å². The third-order valence-corrected chi connectivity index (χ3v) is 9.90. The Kier molecular flexibility index (Phi) is 5.89. The average molecular weight is 593 g/mol. The molecule has 0 atom stereocenters. The minimum atomic E-state index is -4.17. The molecule has 0 saturated heterocycles. The highest BCUT2D eigenvalue weighted by molar-refractivity contribution is 7.90. The first-order valence-electron chi connectivity index (χ1n) is 13.1. The van der Waals surface area contributed by atoms with Crippen molar-refractivity contribution in [3.05, 3.63) is 113 Å². The number of aromatic nitrogens is 5. The summed E-state index contributed by atoms with van der Waals surface area (Å²) in [6.07, 6.45) is 1.37. The highest BCUT2D eigenvalue weighted by Gasteiger charge is 2.29. The van der Waals surface area contributed by atoms with Gasteiger partial charge >= 0.3 is 0 Å². The number of aryl methyl sites for hydroxylation is 2. The quantitative estimate of drug-likeness (QED) is 0.225. The molecule has 7 aromatic rings. The van der Waals surface area contributed by atoms with E-state index < -0.39 is 15.8 Å². The van der Waals surface area contributed by atoms with Crippen molar-refractivity contribution in [1.29, 1.82) is 0 Å². The zero-order valence-electron chi connectivity index (χ0n) is 22.6. The Morgan fingerprint density at radius 3 is 2.55 bits per heavy atom. The lowest BCUT2D eigenvalue weighted by Gasteiger charge is -2.12. The van der Waals surface area contributed by atoms with Gasteiger partial charge in [-0.15, -0.1) is 11.3 Å². The Labute approximate surface area is 244 Å². The van der Waals surface area contributed by atoms with E-state index in [1.54, 1.807) is 47.7 Å². The van der Waals surface area contributed by atoms with Gasteiger partial charge in [-0.25, -0.2) is 22.1 Å². The van der Waals surface area contributed by atoms with Crippen LogP contribution in [0.3, 0.4) is 0 Å². The Hall–Kier alpha value is -5.00. The molecule has 4 aromatic heterocycles. The number of imidazole rings is 1. The van der Waals surface area contributed by atoms with Crippen LogP contribution in [-0.2, 0) is 10.0 Å². The van der Waals surface area contributed by atoms with Gasteiger partial charge in [0.15, 0.2) is 0 Å². The second-order valence-electron chi connectivity index (χ2n) is 10.1. The number of carbonyl (C=O) groups is 1. The number of nitrogens with two attached hydrogens (primary N) is 1. The zero-order valence-corrected chi connectivity index (χ0v) is 24.2. The van der Waals surface area contributed by atoms with Crippen molar-refractivity contribution in [2.75, 3.05) is 5.73 Å². The van der Waals surface area contributed by atoms with Gasteiger partial charge in [0.2, 0.25) is 5.78 Å². The number of nitrogens with one attached hydrogen (secondary N) is 1. The number of rotatable bonds is 6. The van der Waals surface area contributed by atoms with Crippen LogP contribution in [-0.4, -0.2) is 37.9 Å². The molecule has 0 fully saturated rings. The molecule has 3 aromatic carbocycles. The molecule has 9 nitrogen and oxygen atoms in total. The number of carbonyl (C=O) groups excluding carboxylic acids is 1. The maximum atomic E-state index is 14.2. The summed E-state index contributed by atoms with van der Waals surface area (Å²) in [5.41, 5.74) is 10.9. The summed E-state index contributed by atoms with van der Waals surface area (Å²) in [4.78, 5) is 22.8. The van der Waals surface area contributed by atoms with E-state index in [4.69, 9.17) is 5.73 Å². The van der Waals surface area contributed by atoms with Crippen LogP contribution in [0.4, 0.5) is 5.82 Å². The molecule has 0 amide bonds. The number of anilines is 1. The molecule has 11 heteroatoms. The number of H-pyrrole nitrogens is 1. The summed E-state index contributed by atoms with van der Waals surface area (Å²) in [5.74, 6) is 0.312. The van der Waals surface area contributed by atoms with E-state index in [1.807, 2.05) is 61.7 Å².